The molecule has 0 spiro atoms. The van der Waals surface area contributed by atoms with Crippen LogP contribution in [0.1, 0.15) is 13.3 Å². The minimum atomic E-state index is -0.745. The predicted molar refractivity (Wildman–Crippen MR) is 36.0 cm³/mol. The Labute approximate surface area is 54.8 Å². The number of nitrogens with two attached hydrogens (primary N) is 2. The molecule has 0 unspecified atom stereocenters. The third-order valence-electron chi connectivity index (χ3n) is 0.469. The third kappa shape index (κ3) is 37.6. The van der Waals surface area contributed by atoms with Gasteiger partial charge in [0.15, 0.2) is 0 Å². The minimum absolute atomic E-state index is 0.222. The van der Waals surface area contributed by atoms with Crippen LogP contribution < -0.4 is 11.5 Å². The highest BCUT2D eigenvalue weighted by atomic mass is 16.4. The molecule has 0 rings (SSSR count). The standard InChI is InChI=1S/C3H6O2.C2H8N2/c1-2-3(4)5;3-1-2-4/h2H2,1H3,(H,4,5);1-4H2. The summed E-state index contributed by atoms with van der Waals surface area (Å²) in [7, 11) is 0. The molecule has 4 nitrogen and oxygen atoms in total. The van der Waals surface area contributed by atoms with Gasteiger partial charge in [0.25, 0.3) is 0 Å². The molecule has 56 valence electrons. The third-order valence-corrected chi connectivity index (χ3v) is 0.469. The lowest BCUT2D eigenvalue weighted by molar-refractivity contribution is -0.136. The molecule has 0 atom stereocenters. The highest BCUT2D eigenvalue weighted by molar-refractivity contribution is 5.66. The second kappa shape index (κ2) is 10.4. The van der Waals surface area contributed by atoms with Crippen molar-refractivity contribution >= 4 is 5.97 Å². The quantitative estimate of drug-likeness (QED) is 0.469. The first kappa shape index (κ1) is 11.2. The summed E-state index contributed by atoms with van der Waals surface area (Å²) in [5.41, 5.74) is 9.81. The first-order valence-corrected chi connectivity index (χ1v) is 2.80. The van der Waals surface area contributed by atoms with E-state index in [2.05, 4.69) is 0 Å². The molecule has 0 saturated carbocycles. The zero-order chi connectivity index (χ0) is 7.70. The van der Waals surface area contributed by atoms with Crippen LogP contribution in [-0.4, -0.2) is 24.2 Å². The fraction of sp³-hybridized carbons (Fsp3) is 0.800. The average molecular weight is 134 g/mol. The molecule has 4 heteroatoms. The van der Waals surface area contributed by atoms with E-state index in [-0.39, 0.29) is 6.42 Å². The summed E-state index contributed by atoms with van der Waals surface area (Å²) >= 11 is 0. The Balaban J connectivity index is 0. The fourth-order valence-electron chi connectivity index (χ4n) is 0. The smallest absolute Gasteiger partial charge is 0.303 e. The van der Waals surface area contributed by atoms with Gasteiger partial charge in [-0.3, -0.25) is 4.79 Å². The summed E-state index contributed by atoms with van der Waals surface area (Å²) in [5, 5.41) is 7.72. The SMILES string of the molecule is CCC(=O)O.NCCN. The molecule has 0 aromatic rings. The van der Waals surface area contributed by atoms with Gasteiger partial charge in [0.1, 0.15) is 0 Å². The normalized spacial score (nSPS) is 7.44. The second-order valence-corrected chi connectivity index (χ2v) is 1.32. The van der Waals surface area contributed by atoms with Crippen molar-refractivity contribution in [2.45, 2.75) is 13.3 Å². The van der Waals surface area contributed by atoms with Crippen LogP contribution in [0, 0.1) is 0 Å². The Hall–Kier alpha value is -0.610. The molecule has 0 aliphatic heterocycles. The van der Waals surface area contributed by atoms with Gasteiger partial charge in [-0.2, -0.15) is 0 Å². The van der Waals surface area contributed by atoms with E-state index in [9.17, 15) is 4.79 Å². The van der Waals surface area contributed by atoms with Gasteiger partial charge in [0, 0.05) is 19.5 Å². The van der Waals surface area contributed by atoms with Gasteiger partial charge in [-0.05, 0) is 0 Å². The van der Waals surface area contributed by atoms with E-state index in [1.54, 1.807) is 6.92 Å². The summed E-state index contributed by atoms with van der Waals surface area (Å²) in [6.07, 6.45) is 0.222. The van der Waals surface area contributed by atoms with Gasteiger partial charge < -0.3 is 16.6 Å². The lowest BCUT2D eigenvalue weighted by Gasteiger charge is -1.72. The maximum absolute atomic E-state index is 9.37. The van der Waals surface area contributed by atoms with Crippen molar-refractivity contribution < 1.29 is 9.90 Å². The van der Waals surface area contributed by atoms with E-state index in [4.69, 9.17) is 16.6 Å². The molecule has 0 saturated heterocycles. The Morgan fingerprint density at radius 2 is 1.67 bits per heavy atom. The molecular weight excluding hydrogens is 120 g/mol. The van der Waals surface area contributed by atoms with Crippen LogP contribution in [0.15, 0.2) is 0 Å². The molecule has 0 radical (unpaired) electrons. The van der Waals surface area contributed by atoms with E-state index in [0.29, 0.717) is 13.1 Å². The number of hydrogen-bond acceptors (Lipinski definition) is 3. The topological polar surface area (TPSA) is 89.3 Å². The van der Waals surface area contributed by atoms with Crippen molar-refractivity contribution in [3.05, 3.63) is 0 Å². The number of hydrogen-bond donors (Lipinski definition) is 3. The average Bonchev–Trinajstić information content (AvgIpc) is 1.89. The maximum atomic E-state index is 9.37. The van der Waals surface area contributed by atoms with Crippen LogP contribution in [0.5, 0.6) is 0 Å². The van der Waals surface area contributed by atoms with Gasteiger partial charge in [-0.1, -0.05) is 6.92 Å². The molecule has 0 amide bonds. The lowest BCUT2D eigenvalue weighted by atomic mass is 10.5. The van der Waals surface area contributed by atoms with Crippen molar-refractivity contribution in [3.63, 3.8) is 0 Å². The summed E-state index contributed by atoms with van der Waals surface area (Å²) in [5.74, 6) is -0.745. The van der Waals surface area contributed by atoms with Gasteiger partial charge in [-0.15, -0.1) is 0 Å². The van der Waals surface area contributed by atoms with Gasteiger partial charge in [0.05, 0.1) is 0 Å². The summed E-state index contributed by atoms with van der Waals surface area (Å²) in [6.45, 7) is 2.79. The fourth-order valence-corrected chi connectivity index (χ4v) is 0. The molecule has 0 aromatic carbocycles. The Morgan fingerprint density at radius 1 is 1.44 bits per heavy atom. The second-order valence-electron chi connectivity index (χ2n) is 1.32. The summed E-state index contributed by atoms with van der Waals surface area (Å²) in [6, 6.07) is 0. The first-order chi connectivity index (χ1) is 4.18. The zero-order valence-corrected chi connectivity index (χ0v) is 5.63. The van der Waals surface area contributed by atoms with Gasteiger partial charge >= 0.3 is 5.97 Å². The highest BCUT2D eigenvalue weighted by Gasteiger charge is 1.80. The van der Waals surface area contributed by atoms with E-state index in [0.717, 1.165) is 0 Å². The van der Waals surface area contributed by atoms with Crippen molar-refractivity contribution in [2.24, 2.45) is 11.5 Å². The van der Waals surface area contributed by atoms with Crippen LogP contribution in [0.25, 0.3) is 0 Å². The van der Waals surface area contributed by atoms with Crippen LogP contribution in [0.4, 0.5) is 0 Å². The van der Waals surface area contributed by atoms with Crippen molar-refractivity contribution in [1.29, 1.82) is 0 Å². The highest BCUT2D eigenvalue weighted by Crippen LogP contribution is 1.67. The van der Waals surface area contributed by atoms with E-state index >= 15 is 0 Å². The van der Waals surface area contributed by atoms with Crippen LogP contribution in [0.3, 0.4) is 0 Å². The van der Waals surface area contributed by atoms with Crippen LogP contribution in [-0.2, 0) is 4.79 Å². The van der Waals surface area contributed by atoms with E-state index < -0.39 is 5.97 Å². The molecule has 9 heavy (non-hydrogen) atoms. The molecule has 0 bridgehead atoms. The zero-order valence-electron chi connectivity index (χ0n) is 5.63. The van der Waals surface area contributed by atoms with E-state index in [1.807, 2.05) is 0 Å². The molecule has 0 heterocycles. The van der Waals surface area contributed by atoms with E-state index in [1.165, 1.54) is 0 Å². The van der Waals surface area contributed by atoms with Crippen molar-refractivity contribution in [1.82, 2.24) is 0 Å². The summed E-state index contributed by atoms with van der Waals surface area (Å²) < 4.78 is 0. The van der Waals surface area contributed by atoms with Crippen molar-refractivity contribution in [2.75, 3.05) is 13.1 Å². The number of carbonyl (C=O) groups is 1. The minimum Gasteiger partial charge on any atom is -0.481 e. The molecule has 5 N–H and O–H groups in total. The summed E-state index contributed by atoms with van der Waals surface area (Å²) in [4.78, 5) is 9.37. The molecular formula is C5H14N2O2. The Bertz CT molecular complexity index is 64.0. The Kier molecular flexibility index (Phi) is 13.0. The number of aliphatic carboxylic acids is 1. The van der Waals surface area contributed by atoms with Gasteiger partial charge in [-0.25, -0.2) is 0 Å². The molecule has 0 aliphatic rings. The monoisotopic (exact) mass is 134 g/mol. The Morgan fingerprint density at radius 3 is 1.67 bits per heavy atom. The number of carboxylic acids is 1. The molecule has 0 aliphatic carbocycles. The van der Waals surface area contributed by atoms with Gasteiger partial charge in [0.2, 0.25) is 0 Å². The predicted octanol–water partition coefficient (Wildman–Crippen LogP) is -0.615. The van der Waals surface area contributed by atoms with Crippen LogP contribution >= 0.6 is 0 Å². The lowest BCUT2D eigenvalue weighted by Crippen LogP contribution is -2.11. The number of carboxylic acid groups (broad SMARTS) is 1. The molecule has 0 aromatic heterocycles. The molecule has 0 fully saturated rings. The maximum Gasteiger partial charge on any atom is 0.303 e. The largest absolute Gasteiger partial charge is 0.481 e. The van der Waals surface area contributed by atoms with Crippen molar-refractivity contribution in [3.8, 4) is 0 Å². The first-order valence-electron chi connectivity index (χ1n) is 2.80. The van der Waals surface area contributed by atoms with Crippen LogP contribution in [0.2, 0.25) is 0 Å². The number of rotatable bonds is 2.